The summed E-state index contributed by atoms with van der Waals surface area (Å²) in [5.74, 6) is 0. The first kappa shape index (κ1) is 19.6. The summed E-state index contributed by atoms with van der Waals surface area (Å²) in [4.78, 5) is 0. The summed E-state index contributed by atoms with van der Waals surface area (Å²) in [7, 11) is 0. The van der Waals surface area contributed by atoms with Crippen molar-refractivity contribution in [1.29, 1.82) is 0 Å². The SMILES string of the molecule is Nc1c(-c2ccccc2)c(N)c(-c2ccccc2)c(C(F)(F)F)c1-c1ccccc1. The molecule has 0 amide bonds. The molecule has 30 heavy (non-hydrogen) atoms. The molecule has 0 saturated carbocycles. The van der Waals surface area contributed by atoms with Crippen LogP contribution in [0.15, 0.2) is 91.0 Å². The van der Waals surface area contributed by atoms with Crippen molar-refractivity contribution in [2.24, 2.45) is 0 Å². The molecule has 0 aromatic heterocycles. The van der Waals surface area contributed by atoms with Gasteiger partial charge in [-0.3, -0.25) is 0 Å². The predicted molar refractivity (Wildman–Crippen MR) is 117 cm³/mol. The number of benzene rings is 4. The summed E-state index contributed by atoms with van der Waals surface area (Å²) < 4.78 is 43.4. The van der Waals surface area contributed by atoms with Gasteiger partial charge in [0.25, 0.3) is 0 Å². The van der Waals surface area contributed by atoms with Crippen molar-refractivity contribution in [3.8, 4) is 33.4 Å². The lowest BCUT2D eigenvalue weighted by molar-refractivity contribution is -0.136. The first-order valence-electron chi connectivity index (χ1n) is 9.38. The summed E-state index contributed by atoms with van der Waals surface area (Å²) >= 11 is 0. The lowest BCUT2D eigenvalue weighted by Crippen LogP contribution is -2.14. The lowest BCUT2D eigenvalue weighted by Gasteiger charge is -2.25. The van der Waals surface area contributed by atoms with Crippen LogP contribution in [-0.2, 0) is 6.18 Å². The molecule has 4 aromatic carbocycles. The Bertz CT molecular complexity index is 1100. The van der Waals surface area contributed by atoms with Crippen LogP contribution in [0.5, 0.6) is 0 Å². The number of nitrogens with two attached hydrogens (primary N) is 2. The molecule has 0 fully saturated rings. The quantitative estimate of drug-likeness (QED) is 0.366. The van der Waals surface area contributed by atoms with Crippen molar-refractivity contribution in [3.05, 3.63) is 96.6 Å². The highest BCUT2D eigenvalue weighted by atomic mass is 19.4. The van der Waals surface area contributed by atoms with Crippen LogP contribution >= 0.6 is 0 Å². The number of hydrogen-bond acceptors (Lipinski definition) is 2. The molecule has 0 aliphatic rings. The van der Waals surface area contributed by atoms with Gasteiger partial charge in [0, 0.05) is 16.7 Å². The molecule has 2 nitrogen and oxygen atoms in total. The van der Waals surface area contributed by atoms with E-state index in [-0.39, 0.29) is 22.5 Å². The normalized spacial score (nSPS) is 11.4. The Balaban J connectivity index is 2.22. The Kier molecular flexibility index (Phi) is 4.96. The van der Waals surface area contributed by atoms with E-state index in [0.29, 0.717) is 22.3 Å². The van der Waals surface area contributed by atoms with Crippen LogP contribution < -0.4 is 11.5 Å². The first-order valence-corrected chi connectivity index (χ1v) is 9.38. The molecule has 0 heterocycles. The monoisotopic (exact) mass is 404 g/mol. The number of halogens is 3. The van der Waals surface area contributed by atoms with Gasteiger partial charge in [-0.1, -0.05) is 91.0 Å². The second kappa shape index (κ2) is 7.59. The number of alkyl halides is 3. The molecule has 4 rings (SSSR count). The number of anilines is 2. The fourth-order valence-corrected chi connectivity index (χ4v) is 3.80. The standard InChI is InChI=1S/C25H19F3N2/c26-25(27,28)22-19(16-10-4-1-5-11-16)23(29)21(18-14-8-3-9-15-18)24(30)20(22)17-12-6-2-7-13-17/h1-15H,29-30H2. The van der Waals surface area contributed by atoms with E-state index in [1.165, 1.54) is 0 Å². The summed E-state index contributed by atoms with van der Waals surface area (Å²) in [5.41, 5.74) is 13.7. The first-order chi connectivity index (χ1) is 14.4. The molecule has 0 atom stereocenters. The Labute approximate surface area is 172 Å². The van der Waals surface area contributed by atoms with E-state index >= 15 is 0 Å². The third-order valence-electron chi connectivity index (χ3n) is 5.05. The molecule has 150 valence electrons. The van der Waals surface area contributed by atoms with Crippen LogP contribution in [0, 0.1) is 0 Å². The van der Waals surface area contributed by atoms with E-state index in [0.717, 1.165) is 0 Å². The Morgan fingerprint density at radius 2 is 0.767 bits per heavy atom. The molecular formula is C25H19F3N2. The zero-order valence-electron chi connectivity index (χ0n) is 15.9. The van der Waals surface area contributed by atoms with Crippen molar-refractivity contribution in [2.75, 3.05) is 11.5 Å². The molecule has 4 aromatic rings. The highest BCUT2D eigenvalue weighted by molar-refractivity contribution is 6.04. The maximum atomic E-state index is 14.5. The topological polar surface area (TPSA) is 52.0 Å². The second-order valence-electron chi connectivity index (χ2n) is 6.92. The van der Waals surface area contributed by atoms with Crippen molar-refractivity contribution < 1.29 is 13.2 Å². The molecule has 0 spiro atoms. The van der Waals surface area contributed by atoms with Crippen molar-refractivity contribution >= 4 is 11.4 Å². The third-order valence-corrected chi connectivity index (χ3v) is 5.05. The maximum absolute atomic E-state index is 14.5. The van der Waals surface area contributed by atoms with Crippen molar-refractivity contribution in [1.82, 2.24) is 0 Å². The van der Waals surface area contributed by atoms with Crippen molar-refractivity contribution in [3.63, 3.8) is 0 Å². The molecule has 0 radical (unpaired) electrons. The highest BCUT2D eigenvalue weighted by Gasteiger charge is 2.40. The minimum atomic E-state index is -4.66. The smallest absolute Gasteiger partial charge is 0.398 e. The Hall–Kier alpha value is -3.73. The third kappa shape index (κ3) is 3.39. The fourth-order valence-electron chi connectivity index (χ4n) is 3.80. The van der Waals surface area contributed by atoms with Crippen LogP contribution in [0.4, 0.5) is 24.5 Å². The van der Waals surface area contributed by atoms with Crippen LogP contribution in [-0.4, -0.2) is 0 Å². The van der Waals surface area contributed by atoms with Gasteiger partial charge >= 0.3 is 6.18 Å². The highest BCUT2D eigenvalue weighted by Crippen LogP contribution is 2.52. The fraction of sp³-hybridized carbons (Fsp3) is 0.0400. The molecular weight excluding hydrogens is 385 g/mol. The van der Waals surface area contributed by atoms with Gasteiger partial charge in [-0.15, -0.1) is 0 Å². The minimum absolute atomic E-state index is 0.0110. The van der Waals surface area contributed by atoms with Gasteiger partial charge in [0.15, 0.2) is 0 Å². The van der Waals surface area contributed by atoms with E-state index in [4.69, 9.17) is 11.5 Å². The van der Waals surface area contributed by atoms with E-state index in [9.17, 15) is 13.2 Å². The number of hydrogen-bond donors (Lipinski definition) is 2. The Morgan fingerprint density at radius 3 is 1.07 bits per heavy atom. The molecule has 0 aliphatic carbocycles. The summed E-state index contributed by atoms with van der Waals surface area (Å²) in [6.45, 7) is 0. The summed E-state index contributed by atoms with van der Waals surface area (Å²) in [6.07, 6.45) is -4.66. The van der Waals surface area contributed by atoms with E-state index < -0.39 is 11.7 Å². The van der Waals surface area contributed by atoms with Crippen LogP contribution in [0.3, 0.4) is 0 Å². The largest absolute Gasteiger partial charge is 0.417 e. The molecule has 0 unspecified atom stereocenters. The van der Waals surface area contributed by atoms with Crippen LogP contribution in [0.25, 0.3) is 33.4 Å². The molecule has 0 bridgehead atoms. The van der Waals surface area contributed by atoms with Crippen LogP contribution in [0.2, 0.25) is 0 Å². The predicted octanol–water partition coefficient (Wildman–Crippen LogP) is 6.87. The molecule has 0 saturated heterocycles. The summed E-state index contributed by atoms with van der Waals surface area (Å²) in [5, 5.41) is 0. The van der Waals surface area contributed by atoms with Gasteiger partial charge in [0.1, 0.15) is 0 Å². The van der Waals surface area contributed by atoms with Gasteiger partial charge in [-0.2, -0.15) is 13.2 Å². The minimum Gasteiger partial charge on any atom is -0.398 e. The average molecular weight is 404 g/mol. The summed E-state index contributed by atoms with van der Waals surface area (Å²) in [6, 6.07) is 25.8. The molecule has 4 N–H and O–H groups in total. The zero-order valence-corrected chi connectivity index (χ0v) is 15.9. The maximum Gasteiger partial charge on any atom is 0.417 e. The van der Waals surface area contributed by atoms with E-state index in [1.54, 1.807) is 84.9 Å². The van der Waals surface area contributed by atoms with E-state index in [1.807, 2.05) is 6.07 Å². The van der Waals surface area contributed by atoms with Gasteiger partial charge in [0.2, 0.25) is 0 Å². The second-order valence-corrected chi connectivity index (χ2v) is 6.92. The Morgan fingerprint density at radius 1 is 0.467 bits per heavy atom. The van der Waals surface area contributed by atoms with E-state index in [2.05, 4.69) is 0 Å². The lowest BCUT2D eigenvalue weighted by atomic mass is 9.84. The van der Waals surface area contributed by atoms with Gasteiger partial charge < -0.3 is 11.5 Å². The van der Waals surface area contributed by atoms with Gasteiger partial charge in [-0.05, 0) is 16.7 Å². The van der Waals surface area contributed by atoms with Crippen LogP contribution in [0.1, 0.15) is 5.56 Å². The van der Waals surface area contributed by atoms with Crippen molar-refractivity contribution in [2.45, 2.75) is 6.18 Å². The number of nitrogen functional groups attached to an aromatic ring is 2. The molecule has 0 aliphatic heterocycles. The zero-order chi connectivity index (χ0) is 21.3. The van der Waals surface area contributed by atoms with Gasteiger partial charge in [0.05, 0.1) is 16.9 Å². The number of rotatable bonds is 3. The average Bonchev–Trinajstić information content (AvgIpc) is 2.75. The van der Waals surface area contributed by atoms with Gasteiger partial charge in [-0.25, -0.2) is 0 Å². The molecule has 5 heteroatoms.